The number of carbonyl (C=O) groups excluding carboxylic acids is 1. The number of hydrogen-bond acceptors (Lipinski definition) is 2. The van der Waals surface area contributed by atoms with Crippen LogP contribution in [0.15, 0.2) is 48.5 Å². The zero-order valence-electron chi connectivity index (χ0n) is 12.8. The van der Waals surface area contributed by atoms with Crippen LogP contribution in [0.4, 0.5) is 0 Å². The lowest BCUT2D eigenvalue weighted by atomic mass is 9.88. The van der Waals surface area contributed by atoms with Gasteiger partial charge >= 0.3 is 5.97 Å². The topological polar surface area (TPSA) is 66.4 Å². The van der Waals surface area contributed by atoms with Crippen LogP contribution in [0, 0.1) is 0 Å². The molecule has 0 heterocycles. The summed E-state index contributed by atoms with van der Waals surface area (Å²) >= 11 is 0. The highest BCUT2D eigenvalue weighted by Gasteiger charge is 2.19. The molecule has 0 spiro atoms. The summed E-state index contributed by atoms with van der Waals surface area (Å²) in [6, 6.07) is 15.0. The summed E-state index contributed by atoms with van der Waals surface area (Å²) in [6.07, 6.45) is 3.10. The molecule has 118 valence electrons. The minimum absolute atomic E-state index is 0.0162. The molecule has 3 rings (SSSR count). The molecule has 0 aromatic heterocycles. The number of fused-ring (bicyclic) bond motifs is 1. The maximum Gasteiger partial charge on any atom is 0.335 e. The monoisotopic (exact) mass is 309 g/mol. The quantitative estimate of drug-likeness (QED) is 0.912. The van der Waals surface area contributed by atoms with Crippen molar-refractivity contribution in [3.05, 3.63) is 70.8 Å². The Morgan fingerprint density at radius 1 is 1.04 bits per heavy atom. The van der Waals surface area contributed by atoms with Crippen LogP contribution in [0.1, 0.15) is 33.5 Å². The highest BCUT2D eigenvalue weighted by Crippen LogP contribution is 2.21. The van der Waals surface area contributed by atoms with Crippen LogP contribution in [-0.4, -0.2) is 23.0 Å². The third-order valence-corrected chi connectivity index (χ3v) is 4.28. The van der Waals surface area contributed by atoms with Crippen LogP contribution in [0.2, 0.25) is 0 Å². The first-order valence-corrected chi connectivity index (χ1v) is 7.80. The van der Waals surface area contributed by atoms with Crippen LogP contribution >= 0.6 is 0 Å². The second kappa shape index (κ2) is 6.65. The van der Waals surface area contributed by atoms with Crippen LogP contribution in [0.5, 0.6) is 0 Å². The highest BCUT2D eigenvalue weighted by atomic mass is 16.4. The first-order chi connectivity index (χ1) is 11.1. The van der Waals surface area contributed by atoms with E-state index in [1.54, 1.807) is 12.1 Å². The average Bonchev–Trinajstić information content (AvgIpc) is 2.55. The van der Waals surface area contributed by atoms with E-state index in [4.69, 9.17) is 5.11 Å². The molecule has 4 nitrogen and oxygen atoms in total. The number of hydrogen-bond donors (Lipinski definition) is 2. The Kier molecular flexibility index (Phi) is 4.42. The lowest BCUT2D eigenvalue weighted by Crippen LogP contribution is -2.39. The van der Waals surface area contributed by atoms with E-state index in [-0.39, 0.29) is 23.9 Å². The van der Waals surface area contributed by atoms with Gasteiger partial charge in [0.2, 0.25) is 5.91 Å². The van der Waals surface area contributed by atoms with Gasteiger partial charge in [0, 0.05) is 6.04 Å². The molecule has 1 amide bonds. The molecule has 2 N–H and O–H groups in total. The van der Waals surface area contributed by atoms with Crippen LogP contribution in [0.25, 0.3) is 0 Å². The Morgan fingerprint density at radius 2 is 1.74 bits per heavy atom. The van der Waals surface area contributed by atoms with Gasteiger partial charge in [0.05, 0.1) is 12.0 Å². The Balaban J connectivity index is 1.57. The van der Waals surface area contributed by atoms with Crippen molar-refractivity contribution in [1.82, 2.24) is 5.32 Å². The second-order valence-electron chi connectivity index (χ2n) is 5.95. The highest BCUT2D eigenvalue weighted by molar-refractivity contribution is 5.87. The Hall–Kier alpha value is -2.62. The van der Waals surface area contributed by atoms with Gasteiger partial charge in [-0.1, -0.05) is 36.4 Å². The van der Waals surface area contributed by atoms with Crippen molar-refractivity contribution in [2.24, 2.45) is 0 Å². The van der Waals surface area contributed by atoms with Crippen molar-refractivity contribution < 1.29 is 14.7 Å². The Bertz CT molecular complexity index is 722. The number of aromatic carboxylic acids is 1. The third-order valence-electron chi connectivity index (χ3n) is 4.28. The van der Waals surface area contributed by atoms with Crippen molar-refractivity contribution in [2.45, 2.75) is 31.7 Å². The number of benzene rings is 2. The molecule has 2 aromatic rings. The van der Waals surface area contributed by atoms with E-state index in [0.29, 0.717) is 0 Å². The number of carboxylic acids is 1. The van der Waals surface area contributed by atoms with Gasteiger partial charge in [-0.25, -0.2) is 4.79 Å². The summed E-state index contributed by atoms with van der Waals surface area (Å²) in [5.41, 5.74) is 3.75. The molecule has 0 saturated heterocycles. The fraction of sp³-hybridized carbons (Fsp3) is 0.263. The summed E-state index contributed by atoms with van der Waals surface area (Å²) in [4.78, 5) is 23.0. The van der Waals surface area contributed by atoms with Crippen LogP contribution in [0.3, 0.4) is 0 Å². The lowest BCUT2D eigenvalue weighted by Gasteiger charge is -2.25. The molecule has 2 aromatic carbocycles. The van der Waals surface area contributed by atoms with Crippen molar-refractivity contribution >= 4 is 11.9 Å². The zero-order valence-corrected chi connectivity index (χ0v) is 12.8. The van der Waals surface area contributed by atoms with E-state index in [9.17, 15) is 9.59 Å². The Morgan fingerprint density at radius 3 is 2.43 bits per heavy atom. The fourth-order valence-electron chi connectivity index (χ4n) is 3.05. The molecule has 0 radical (unpaired) electrons. The normalized spacial score (nSPS) is 16.4. The SMILES string of the molecule is O=C(Cc1ccc(C(=O)O)cc1)NC1CCc2ccccc2C1. The van der Waals surface area contributed by atoms with E-state index in [1.165, 1.54) is 23.3 Å². The summed E-state index contributed by atoms with van der Waals surface area (Å²) in [6.45, 7) is 0. The van der Waals surface area contributed by atoms with Crippen molar-refractivity contribution in [1.29, 1.82) is 0 Å². The van der Waals surface area contributed by atoms with Crippen molar-refractivity contribution in [3.63, 3.8) is 0 Å². The molecule has 0 saturated carbocycles. The van der Waals surface area contributed by atoms with Gasteiger partial charge in [0.25, 0.3) is 0 Å². The molecule has 1 atom stereocenters. The molecular formula is C19H19NO3. The molecule has 1 unspecified atom stereocenters. The summed E-state index contributed by atoms with van der Waals surface area (Å²) in [5, 5.41) is 12.0. The fourth-order valence-corrected chi connectivity index (χ4v) is 3.05. The van der Waals surface area contributed by atoms with Crippen molar-refractivity contribution in [2.75, 3.05) is 0 Å². The maximum absolute atomic E-state index is 12.2. The zero-order chi connectivity index (χ0) is 16.2. The van der Waals surface area contributed by atoms with Gasteiger partial charge in [-0.2, -0.15) is 0 Å². The van der Waals surface area contributed by atoms with Gasteiger partial charge in [-0.3, -0.25) is 4.79 Å². The first kappa shape index (κ1) is 15.3. The number of amides is 1. The van der Waals surface area contributed by atoms with E-state index in [2.05, 4.69) is 23.5 Å². The predicted octanol–water partition coefficient (Wildman–Crippen LogP) is 2.60. The predicted molar refractivity (Wildman–Crippen MR) is 87.5 cm³/mol. The first-order valence-electron chi connectivity index (χ1n) is 7.80. The summed E-state index contributed by atoms with van der Waals surface area (Å²) in [5.74, 6) is -0.973. The molecule has 0 fully saturated rings. The Labute approximate surface area is 135 Å². The average molecular weight is 309 g/mol. The number of aryl methyl sites for hydroxylation is 1. The van der Waals surface area contributed by atoms with Gasteiger partial charge in [0.1, 0.15) is 0 Å². The van der Waals surface area contributed by atoms with Gasteiger partial charge in [-0.05, 0) is 48.1 Å². The molecule has 0 aliphatic heterocycles. The lowest BCUT2D eigenvalue weighted by molar-refractivity contribution is -0.121. The van der Waals surface area contributed by atoms with E-state index in [1.807, 2.05) is 6.07 Å². The third kappa shape index (κ3) is 3.77. The number of carbonyl (C=O) groups is 2. The largest absolute Gasteiger partial charge is 0.478 e. The minimum atomic E-state index is -0.957. The van der Waals surface area contributed by atoms with Gasteiger partial charge < -0.3 is 10.4 Å². The van der Waals surface area contributed by atoms with Gasteiger partial charge in [-0.15, -0.1) is 0 Å². The second-order valence-corrected chi connectivity index (χ2v) is 5.95. The summed E-state index contributed by atoms with van der Waals surface area (Å²) in [7, 11) is 0. The summed E-state index contributed by atoms with van der Waals surface area (Å²) < 4.78 is 0. The smallest absolute Gasteiger partial charge is 0.335 e. The molecule has 0 bridgehead atoms. The van der Waals surface area contributed by atoms with Crippen LogP contribution in [-0.2, 0) is 24.1 Å². The van der Waals surface area contributed by atoms with E-state index < -0.39 is 5.97 Å². The maximum atomic E-state index is 12.2. The van der Waals surface area contributed by atoms with E-state index >= 15 is 0 Å². The number of carboxylic acid groups (broad SMARTS) is 1. The molecule has 4 heteroatoms. The number of nitrogens with one attached hydrogen (secondary N) is 1. The molecular weight excluding hydrogens is 290 g/mol. The molecule has 23 heavy (non-hydrogen) atoms. The molecule has 1 aliphatic rings. The van der Waals surface area contributed by atoms with Crippen molar-refractivity contribution in [3.8, 4) is 0 Å². The number of rotatable bonds is 4. The minimum Gasteiger partial charge on any atom is -0.478 e. The van der Waals surface area contributed by atoms with E-state index in [0.717, 1.165) is 24.8 Å². The standard InChI is InChI=1S/C19H19NO3/c21-18(11-13-5-7-15(8-6-13)19(22)23)20-17-10-9-14-3-1-2-4-16(14)12-17/h1-8,17H,9-12H2,(H,20,21)(H,22,23). The van der Waals surface area contributed by atoms with Gasteiger partial charge in [0.15, 0.2) is 0 Å². The van der Waals surface area contributed by atoms with Crippen LogP contribution < -0.4 is 5.32 Å². The molecule has 1 aliphatic carbocycles.